The van der Waals surface area contributed by atoms with Crippen molar-refractivity contribution in [2.45, 2.75) is 31.8 Å². The van der Waals surface area contributed by atoms with E-state index < -0.39 is 0 Å². The van der Waals surface area contributed by atoms with Crippen LogP contribution in [0.25, 0.3) is 0 Å². The lowest BCUT2D eigenvalue weighted by Gasteiger charge is -2.27. The Hall–Kier alpha value is 0.270. The van der Waals surface area contributed by atoms with Gasteiger partial charge in [-0.25, -0.2) is 0 Å². The van der Waals surface area contributed by atoms with Crippen LogP contribution in [0, 0.1) is 5.92 Å². The van der Waals surface area contributed by atoms with Crippen molar-refractivity contribution in [1.82, 2.24) is 0 Å². The molecule has 1 rings (SSSR count). The first-order chi connectivity index (χ1) is 6.36. The second-order valence-corrected chi connectivity index (χ2v) is 4.05. The van der Waals surface area contributed by atoms with Crippen molar-refractivity contribution in [3.63, 3.8) is 0 Å². The summed E-state index contributed by atoms with van der Waals surface area (Å²) in [7, 11) is 1.71. The largest absolute Gasteiger partial charge is 0.382 e. The highest BCUT2D eigenvalue weighted by molar-refractivity contribution is 7.80. The molecule has 0 aromatic heterocycles. The summed E-state index contributed by atoms with van der Waals surface area (Å²) in [6.07, 6.45) is 5.44. The predicted molar refractivity (Wildman–Crippen MR) is 57.4 cm³/mol. The molecule has 1 aliphatic rings. The highest BCUT2D eigenvalue weighted by Crippen LogP contribution is 2.26. The maximum atomic E-state index is 5.67. The van der Waals surface area contributed by atoms with Crippen LogP contribution < -0.4 is 0 Å². The van der Waals surface area contributed by atoms with Crippen LogP contribution in [-0.4, -0.2) is 32.2 Å². The van der Waals surface area contributed by atoms with Gasteiger partial charge in [-0.1, -0.05) is 0 Å². The van der Waals surface area contributed by atoms with Gasteiger partial charge in [0.25, 0.3) is 0 Å². The molecule has 0 saturated heterocycles. The van der Waals surface area contributed by atoms with Crippen LogP contribution in [0.3, 0.4) is 0 Å². The topological polar surface area (TPSA) is 18.5 Å². The average Bonchev–Trinajstić information content (AvgIpc) is 2.19. The van der Waals surface area contributed by atoms with Crippen molar-refractivity contribution >= 4 is 12.6 Å². The molecule has 78 valence electrons. The molecular formula is C10H20O2S. The fourth-order valence-electron chi connectivity index (χ4n) is 1.78. The lowest BCUT2D eigenvalue weighted by atomic mass is 9.89. The first kappa shape index (κ1) is 11.3. The maximum absolute atomic E-state index is 5.67. The van der Waals surface area contributed by atoms with Crippen molar-refractivity contribution in [2.75, 3.05) is 26.1 Å². The Labute approximate surface area is 86.4 Å². The molecule has 13 heavy (non-hydrogen) atoms. The normalized spacial score (nSPS) is 29.1. The van der Waals surface area contributed by atoms with Crippen LogP contribution in [0.5, 0.6) is 0 Å². The molecule has 0 amide bonds. The lowest BCUT2D eigenvalue weighted by molar-refractivity contribution is -0.00590. The van der Waals surface area contributed by atoms with Crippen LogP contribution in [0.1, 0.15) is 25.7 Å². The molecule has 0 radical (unpaired) electrons. The quantitative estimate of drug-likeness (QED) is 0.546. The molecule has 3 heteroatoms. The summed E-state index contributed by atoms with van der Waals surface area (Å²) in [5.41, 5.74) is 0. The van der Waals surface area contributed by atoms with Crippen LogP contribution in [0.2, 0.25) is 0 Å². The van der Waals surface area contributed by atoms with Gasteiger partial charge in [-0.05, 0) is 37.4 Å². The van der Waals surface area contributed by atoms with E-state index in [-0.39, 0.29) is 0 Å². The zero-order valence-corrected chi connectivity index (χ0v) is 9.26. The Kier molecular flexibility index (Phi) is 5.83. The van der Waals surface area contributed by atoms with Crippen molar-refractivity contribution in [3.05, 3.63) is 0 Å². The molecule has 0 aliphatic heterocycles. The minimum Gasteiger partial charge on any atom is -0.382 e. The Morgan fingerprint density at radius 2 is 1.85 bits per heavy atom. The third-order valence-corrected chi connectivity index (χ3v) is 3.21. The Morgan fingerprint density at radius 3 is 2.38 bits per heavy atom. The number of hydrogen-bond acceptors (Lipinski definition) is 3. The second-order valence-electron chi connectivity index (χ2n) is 3.69. The summed E-state index contributed by atoms with van der Waals surface area (Å²) in [6.45, 7) is 1.46. The number of hydrogen-bond donors (Lipinski definition) is 1. The van der Waals surface area contributed by atoms with Crippen LogP contribution in [0.15, 0.2) is 0 Å². The summed E-state index contributed by atoms with van der Waals surface area (Å²) >= 11 is 4.32. The van der Waals surface area contributed by atoms with Gasteiger partial charge in [-0.15, -0.1) is 0 Å². The first-order valence-corrected chi connectivity index (χ1v) is 5.71. The molecule has 0 bridgehead atoms. The third kappa shape index (κ3) is 4.34. The summed E-state index contributed by atoms with van der Waals surface area (Å²) in [5.74, 6) is 1.86. The molecule has 0 spiro atoms. The molecule has 1 fully saturated rings. The van der Waals surface area contributed by atoms with Gasteiger partial charge in [-0.3, -0.25) is 0 Å². The van der Waals surface area contributed by atoms with Crippen LogP contribution in [-0.2, 0) is 9.47 Å². The van der Waals surface area contributed by atoms with E-state index >= 15 is 0 Å². The average molecular weight is 204 g/mol. The van der Waals surface area contributed by atoms with Crippen molar-refractivity contribution in [2.24, 2.45) is 5.92 Å². The maximum Gasteiger partial charge on any atom is 0.0704 e. The van der Waals surface area contributed by atoms with Gasteiger partial charge >= 0.3 is 0 Å². The lowest BCUT2D eigenvalue weighted by Crippen LogP contribution is -2.23. The van der Waals surface area contributed by atoms with E-state index in [2.05, 4.69) is 12.6 Å². The Bertz CT molecular complexity index is 119. The molecule has 1 aliphatic carbocycles. The molecule has 2 nitrogen and oxygen atoms in total. The van der Waals surface area contributed by atoms with Gasteiger partial charge in [0.1, 0.15) is 0 Å². The Balaban J connectivity index is 2.03. The van der Waals surface area contributed by atoms with E-state index in [1.807, 2.05) is 0 Å². The minimum absolute atomic E-state index is 0.478. The van der Waals surface area contributed by atoms with E-state index in [9.17, 15) is 0 Å². The number of rotatable bonds is 5. The second kappa shape index (κ2) is 6.68. The smallest absolute Gasteiger partial charge is 0.0704 e. The summed E-state index contributed by atoms with van der Waals surface area (Å²) < 4.78 is 10.6. The minimum atomic E-state index is 0.478. The molecule has 0 aromatic rings. The van der Waals surface area contributed by atoms with Gasteiger partial charge in [0, 0.05) is 7.11 Å². The van der Waals surface area contributed by atoms with Gasteiger partial charge in [0.2, 0.25) is 0 Å². The monoisotopic (exact) mass is 204 g/mol. The number of methoxy groups -OCH3 is 1. The number of ether oxygens (including phenoxy) is 2. The molecule has 0 unspecified atom stereocenters. The van der Waals surface area contributed by atoms with Crippen LogP contribution in [0.4, 0.5) is 0 Å². The van der Waals surface area contributed by atoms with E-state index in [1.165, 1.54) is 25.7 Å². The highest BCUT2D eigenvalue weighted by Gasteiger charge is 2.20. The molecule has 0 atom stereocenters. The van der Waals surface area contributed by atoms with E-state index in [0.717, 1.165) is 18.3 Å². The SMILES string of the molecule is COCCOC1CCC(CS)CC1. The standard InChI is InChI=1S/C10H20O2S/c1-11-6-7-12-10-4-2-9(8-13)3-5-10/h9-10,13H,2-8H2,1H3. The number of thiol groups is 1. The van der Waals surface area contributed by atoms with Crippen molar-refractivity contribution in [1.29, 1.82) is 0 Å². The Morgan fingerprint density at radius 1 is 1.15 bits per heavy atom. The zero-order chi connectivity index (χ0) is 9.52. The fraction of sp³-hybridized carbons (Fsp3) is 1.00. The van der Waals surface area contributed by atoms with Gasteiger partial charge in [0.15, 0.2) is 0 Å². The fourth-order valence-corrected chi connectivity index (χ4v) is 2.14. The van der Waals surface area contributed by atoms with Gasteiger partial charge < -0.3 is 9.47 Å². The van der Waals surface area contributed by atoms with Gasteiger partial charge in [-0.2, -0.15) is 12.6 Å². The summed E-state index contributed by atoms with van der Waals surface area (Å²) in [5, 5.41) is 0. The molecule has 0 N–H and O–H groups in total. The molecule has 0 aromatic carbocycles. The third-order valence-electron chi connectivity index (χ3n) is 2.69. The van der Waals surface area contributed by atoms with E-state index in [1.54, 1.807) is 7.11 Å². The van der Waals surface area contributed by atoms with E-state index in [4.69, 9.17) is 9.47 Å². The molecular weight excluding hydrogens is 184 g/mol. The van der Waals surface area contributed by atoms with E-state index in [0.29, 0.717) is 12.7 Å². The zero-order valence-electron chi connectivity index (χ0n) is 8.37. The van der Waals surface area contributed by atoms with Crippen molar-refractivity contribution in [3.8, 4) is 0 Å². The van der Waals surface area contributed by atoms with Crippen molar-refractivity contribution < 1.29 is 9.47 Å². The summed E-state index contributed by atoms with van der Waals surface area (Å²) in [4.78, 5) is 0. The molecule has 0 heterocycles. The van der Waals surface area contributed by atoms with Crippen LogP contribution >= 0.6 is 12.6 Å². The summed E-state index contributed by atoms with van der Waals surface area (Å²) in [6, 6.07) is 0. The van der Waals surface area contributed by atoms with Gasteiger partial charge in [0.05, 0.1) is 19.3 Å². The molecule has 1 saturated carbocycles. The first-order valence-electron chi connectivity index (χ1n) is 5.08. The highest BCUT2D eigenvalue weighted by atomic mass is 32.1. The predicted octanol–water partition coefficient (Wildman–Crippen LogP) is 2.14.